The number of nitrogens with one attached hydrogen (secondary N) is 1. The van der Waals surface area contributed by atoms with Gasteiger partial charge in [0.1, 0.15) is 22.9 Å². The van der Waals surface area contributed by atoms with Crippen molar-refractivity contribution in [2.75, 3.05) is 20.2 Å². The Balaban J connectivity index is 1.67. The lowest BCUT2D eigenvalue weighted by Gasteiger charge is -2.29. The molecular weight excluding hydrogens is 334 g/mol. The van der Waals surface area contributed by atoms with Gasteiger partial charge in [-0.15, -0.1) is 0 Å². The first-order valence-electron chi connectivity index (χ1n) is 8.67. The van der Waals surface area contributed by atoms with Gasteiger partial charge in [-0.1, -0.05) is 5.16 Å². The normalized spacial score (nSPS) is 15.6. The first-order chi connectivity index (χ1) is 12.4. The molecule has 0 spiro atoms. The minimum atomic E-state index is -0.503. The number of fused-ring (bicyclic) bond motifs is 1. The fraction of sp³-hybridized carbons (Fsp3) is 0.474. The number of nitrogens with zero attached hydrogens (tertiary/aromatic N) is 2. The molecule has 3 rings (SSSR count). The summed E-state index contributed by atoms with van der Waals surface area (Å²) in [5, 5.41) is 6.80. The topological polar surface area (TPSA) is 76.8 Å². The van der Waals surface area contributed by atoms with Crippen molar-refractivity contribution in [3.05, 3.63) is 41.3 Å². The van der Waals surface area contributed by atoms with E-state index < -0.39 is 5.60 Å². The van der Waals surface area contributed by atoms with E-state index in [0.717, 1.165) is 28.5 Å². The number of benzene rings is 1. The molecule has 0 saturated carbocycles. The van der Waals surface area contributed by atoms with Gasteiger partial charge in [-0.3, -0.25) is 0 Å². The van der Waals surface area contributed by atoms with Crippen LogP contribution in [0.5, 0.6) is 11.5 Å². The predicted molar refractivity (Wildman–Crippen MR) is 96.5 cm³/mol. The van der Waals surface area contributed by atoms with Crippen LogP contribution in [0.4, 0.5) is 4.79 Å². The lowest BCUT2D eigenvalue weighted by Crippen LogP contribution is -2.47. The third-order valence-electron chi connectivity index (χ3n) is 4.21. The maximum Gasteiger partial charge on any atom is 0.317 e. The highest BCUT2D eigenvalue weighted by molar-refractivity contribution is 5.74. The molecule has 2 heterocycles. The largest absolute Gasteiger partial charge is 0.497 e. The quantitative estimate of drug-likeness (QED) is 0.908. The molecule has 1 N–H and O–H groups in total. The number of urea groups is 1. The van der Waals surface area contributed by atoms with Gasteiger partial charge in [0.2, 0.25) is 0 Å². The van der Waals surface area contributed by atoms with E-state index in [4.69, 9.17) is 14.0 Å². The van der Waals surface area contributed by atoms with Crippen molar-refractivity contribution >= 4 is 6.03 Å². The highest BCUT2D eigenvalue weighted by atomic mass is 16.5. The number of hydrogen-bond acceptors (Lipinski definition) is 5. The van der Waals surface area contributed by atoms with Crippen LogP contribution < -0.4 is 14.8 Å². The molecule has 2 aromatic rings. The van der Waals surface area contributed by atoms with E-state index in [1.54, 1.807) is 12.0 Å². The Morgan fingerprint density at radius 1 is 1.38 bits per heavy atom. The fourth-order valence-corrected chi connectivity index (χ4v) is 3.02. The Bertz CT molecular complexity index is 785. The Kier molecular flexibility index (Phi) is 5.06. The van der Waals surface area contributed by atoms with Gasteiger partial charge in [0.05, 0.1) is 25.9 Å². The minimum absolute atomic E-state index is 0.124. The molecule has 1 aromatic heterocycles. The average Bonchev–Trinajstić information content (AvgIpc) is 2.93. The molecule has 0 atom stereocenters. The zero-order valence-electron chi connectivity index (χ0n) is 15.7. The lowest BCUT2D eigenvalue weighted by molar-refractivity contribution is 0.0806. The number of aryl methyl sites for hydroxylation is 1. The van der Waals surface area contributed by atoms with Crippen molar-refractivity contribution in [2.45, 2.75) is 39.3 Å². The number of methoxy groups -OCH3 is 1. The Labute approximate surface area is 153 Å². The molecule has 2 amide bonds. The maximum absolute atomic E-state index is 12.7. The predicted octanol–water partition coefficient (Wildman–Crippen LogP) is 2.92. The molecular formula is C19H25N3O4. The molecule has 1 aliphatic rings. The second-order valence-corrected chi connectivity index (χ2v) is 7.11. The van der Waals surface area contributed by atoms with Gasteiger partial charge in [-0.25, -0.2) is 4.79 Å². The van der Waals surface area contributed by atoms with Gasteiger partial charge >= 0.3 is 6.03 Å². The second kappa shape index (κ2) is 7.27. The smallest absolute Gasteiger partial charge is 0.317 e. The Morgan fingerprint density at radius 3 is 2.88 bits per heavy atom. The van der Waals surface area contributed by atoms with E-state index in [1.807, 2.05) is 45.0 Å². The summed E-state index contributed by atoms with van der Waals surface area (Å²) in [6.07, 6.45) is 0.605. The zero-order valence-corrected chi connectivity index (χ0v) is 15.7. The number of carbonyl (C=O) groups is 1. The number of ether oxygens (including phenoxy) is 2. The summed E-state index contributed by atoms with van der Waals surface area (Å²) in [4.78, 5) is 14.4. The van der Waals surface area contributed by atoms with Crippen LogP contribution in [0.1, 0.15) is 30.9 Å². The molecule has 0 saturated heterocycles. The van der Waals surface area contributed by atoms with E-state index >= 15 is 0 Å². The molecule has 0 fully saturated rings. The Morgan fingerprint density at radius 2 is 2.19 bits per heavy atom. The monoisotopic (exact) mass is 359 g/mol. The van der Waals surface area contributed by atoms with E-state index in [9.17, 15) is 4.79 Å². The van der Waals surface area contributed by atoms with Crippen molar-refractivity contribution < 1.29 is 18.8 Å². The van der Waals surface area contributed by atoms with Gasteiger partial charge in [-0.05, 0) is 32.9 Å². The van der Waals surface area contributed by atoms with Gasteiger partial charge < -0.3 is 24.2 Å². The number of carbonyl (C=O) groups excluding carboxylic acids is 1. The first kappa shape index (κ1) is 18.1. The van der Waals surface area contributed by atoms with E-state index in [0.29, 0.717) is 26.1 Å². The van der Waals surface area contributed by atoms with Crippen LogP contribution in [0.3, 0.4) is 0 Å². The van der Waals surface area contributed by atoms with E-state index in [1.165, 1.54) is 0 Å². The van der Waals surface area contributed by atoms with Crippen LogP contribution in [-0.2, 0) is 13.0 Å². The highest BCUT2D eigenvalue weighted by Crippen LogP contribution is 2.32. The van der Waals surface area contributed by atoms with Crippen LogP contribution in [-0.4, -0.2) is 41.9 Å². The summed E-state index contributed by atoms with van der Waals surface area (Å²) in [5.74, 6) is 2.25. The summed E-state index contributed by atoms with van der Waals surface area (Å²) in [6, 6.07) is 7.43. The van der Waals surface area contributed by atoms with Gasteiger partial charge in [0.15, 0.2) is 0 Å². The third kappa shape index (κ3) is 4.28. The van der Waals surface area contributed by atoms with Crippen molar-refractivity contribution in [1.82, 2.24) is 15.4 Å². The lowest BCUT2D eigenvalue weighted by atomic mass is 10.1. The molecule has 140 valence electrons. The van der Waals surface area contributed by atoms with Gasteiger partial charge in [-0.2, -0.15) is 0 Å². The minimum Gasteiger partial charge on any atom is -0.497 e. The van der Waals surface area contributed by atoms with Crippen LogP contribution in [0, 0.1) is 6.92 Å². The molecule has 0 aliphatic carbocycles. The molecule has 7 nitrogen and oxygen atoms in total. The SMILES string of the molecule is COc1ccc2c(c1)OC(C)(C)CN(C(=O)NCCc1cc(C)no1)C2. The van der Waals surface area contributed by atoms with E-state index in [-0.39, 0.29) is 6.03 Å². The van der Waals surface area contributed by atoms with E-state index in [2.05, 4.69) is 10.5 Å². The van der Waals surface area contributed by atoms with Crippen molar-refractivity contribution in [2.24, 2.45) is 0 Å². The van der Waals surface area contributed by atoms with Gasteiger partial charge in [0, 0.05) is 30.7 Å². The molecule has 1 aliphatic heterocycles. The maximum atomic E-state index is 12.7. The number of rotatable bonds is 4. The zero-order chi connectivity index (χ0) is 18.7. The van der Waals surface area contributed by atoms with Gasteiger partial charge in [0.25, 0.3) is 0 Å². The first-order valence-corrected chi connectivity index (χ1v) is 8.67. The molecule has 7 heteroatoms. The van der Waals surface area contributed by atoms with Crippen LogP contribution in [0.2, 0.25) is 0 Å². The summed E-state index contributed by atoms with van der Waals surface area (Å²) in [7, 11) is 1.62. The molecule has 0 radical (unpaired) electrons. The molecule has 1 aromatic carbocycles. The van der Waals surface area contributed by atoms with Crippen LogP contribution >= 0.6 is 0 Å². The summed E-state index contributed by atoms with van der Waals surface area (Å²) >= 11 is 0. The molecule has 0 unspecified atom stereocenters. The third-order valence-corrected chi connectivity index (χ3v) is 4.21. The number of aromatic nitrogens is 1. The fourth-order valence-electron chi connectivity index (χ4n) is 3.02. The van der Waals surface area contributed by atoms with Crippen molar-refractivity contribution in [3.8, 4) is 11.5 Å². The van der Waals surface area contributed by atoms with Crippen molar-refractivity contribution in [3.63, 3.8) is 0 Å². The molecule has 0 bridgehead atoms. The standard InChI is InChI=1S/C19H25N3O4/c1-13-9-16(26-21-13)7-8-20-18(23)22-11-14-5-6-15(24-4)10-17(14)25-19(2,3)12-22/h5-6,9-10H,7-8,11-12H2,1-4H3,(H,20,23). The average molecular weight is 359 g/mol. The number of amides is 2. The highest BCUT2D eigenvalue weighted by Gasteiger charge is 2.31. The van der Waals surface area contributed by atoms with Crippen LogP contribution in [0.25, 0.3) is 0 Å². The molecule has 26 heavy (non-hydrogen) atoms. The second-order valence-electron chi connectivity index (χ2n) is 7.11. The summed E-state index contributed by atoms with van der Waals surface area (Å²) in [6.45, 7) is 7.27. The van der Waals surface area contributed by atoms with Crippen molar-refractivity contribution in [1.29, 1.82) is 0 Å². The van der Waals surface area contributed by atoms with Crippen LogP contribution in [0.15, 0.2) is 28.8 Å². The Hall–Kier alpha value is -2.70. The summed E-state index contributed by atoms with van der Waals surface area (Å²) < 4.78 is 16.6. The summed E-state index contributed by atoms with van der Waals surface area (Å²) in [5.41, 5.74) is 1.29. The number of hydrogen-bond donors (Lipinski definition) is 1.